The van der Waals surface area contributed by atoms with E-state index >= 15 is 0 Å². The van der Waals surface area contributed by atoms with Gasteiger partial charge in [0.25, 0.3) is 0 Å². The number of carbonyl (C=O) groups excluding carboxylic acids is 1. The summed E-state index contributed by atoms with van der Waals surface area (Å²) in [5.74, 6) is -0.160. The maximum Gasteiger partial charge on any atom is 0.246 e. The first kappa shape index (κ1) is 16.0. The fraction of sp³-hybridized carbons (Fsp3) is 0.500. The Morgan fingerprint density at radius 2 is 2.21 bits per heavy atom. The van der Waals surface area contributed by atoms with Crippen LogP contribution in [0.15, 0.2) is 24.3 Å². The first-order chi connectivity index (χ1) is 9.01. The topological polar surface area (TPSA) is 47.6 Å². The second-order valence-corrected chi connectivity index (χ2v) is 4.80. The van der Waals surface area contributed by atoms with Gasteiger partial charge in [-0.3, -0.25) is 4.79 Å². The number of hydrogen-bond donors (Lipinski definition) is 1. The molecule has 0 heterocycles. The summed E-state index contributed by atoms with van der Waals surface area (Å²) < 4.78 is 10.6. The van der Waals surface area contributed by atoms with Crippen LogP contribution in [0.3, 0.4) is 0 Å². The minimum Gasteiger partial charge on any atom is -0.372 e. The van der Waals surface area contributed by atoms with Gasteiger partial charge in [-0.1, -0.05) is 23.7 Å². The number of carbonyl (C=O) groups is 1. The third kappa shape index (κ3) is 4.82. The van der Waals surface area contributed by atoms with Crippen molar-refractivity contribution in [3.8, 4) is 0 Å². The molecule has 0 bridgehead atoms. The molecule has 5 heteroatoms. The van der Waals surface area contributed by atoms with Gasteiger partial charge in [-0.25, -0.2) is 0 Å². The molecule has 0 aliphatic carbocycles. The van der Waals surface area contributed by atoms with Crippen molar-refractivity contribution in [3.05, 3.63) is 34.9 Å². The quantitative estimate of drug-likeness (QED) is 0.836. The standard InChI is InChI=1S/C14H20ClNO3/c1-4-19-9-13(17)16-10-14(2,18-3)11-6-5-7-12(15)8-11/h5-8H,4,9-10H2,1-3H3,(H,16,17)/t14-/m0/s1. The Morgan fingerprint density at radius 1 is 1.47 bits per heavy atom. The Morgan fingerprint density at radius 3 is 2.79 bits per heavy atom. The van der Waals surface area contributed by atoms with Crippen molar-refractivity contribution < 1.29 is 14.3 Å². The van der Waals surface area contributed by atoms with Crippen LogP contribution in [0.1, 0.15) is 19.4 Å². The molecule has 0 spiro atoms. The van der Waals surface area contributed by atoms with Crippen LogP contribution >= 0.6 is 11.6 Å². The first-order valence-electron chi connectivity index (χ1n) is 6.17. The van der Waals surface area contributed by atoms with Crippen LogP contribution in [-0.4, -0.2) is 32.8 Å². The Balaban J connectivity index is 2.68. The molecule has 19 heavy (non-hydrogen) atoms. The van der Waals surface area contributed by atoms with Crippen molar-refractivity contribution in [1.29, 1.82) is 0 Å². The van der Waals surface area contributed by atoms with Crippen LogP contribution in [0.5, 0.6) is 0 Å². The summed E-state index contributed by atoms with van der Waals surface area (Å²) in [6.07, 6.45) is 0. The highest BCUT2D eigenvalue weighted by Crippen LogP contribution is 2.26. The highest BCUT2D eigenvalue weighted by atomic mass is 35.5. The van der Waals surface area contributed by atoms with E-state index in [0.29, 0.717) is 18.2 Å². The van der Waals surface area contributed by atoms with Gasteiger partial charge in [0.15, 0.2) is 0 Å². The van der Waals surface area contributed by atoms with E-state index in [4.69, 9.17) is 21.1 Å². The summed E-state index contributed by atoms with van der Waals surface area (Å²) >= 11 is 5.98. The average molecular weight is 286 g/mol. The van der Waals surface area contributed by atoms with Gasteiger partial charge >= 0.3 is 0 Å². The van der Waals surface area contributed by atoms with Gasteiger partial charge in [-0.05, 0) is 31.5 Å². The summed E-state index contributed by atoms with van der Waals surface area (Å²) in [6, 6.07) is 7.41. The molecule has 0 radical (unpaired) electrons. The zero-order valence-electron chi connectivity index (χ0n) is 11.5. The number of nitrogens with one attached hydrogen (secondary N) is 1. The predicted octanol–water partition coefficient (Wildman–Crippen LogP) is 2.35. The average Bonchev–Trinajstić information content (AvgIpc) is 2.42. The third-order valence-electron chi connectivity index (χ3n) is 2.95. The third-order valence-corrected chi connectivity index (χ3v) is 3.18. The summed E-state index contributed by atoms with van der Waals surface area (Å²) in [5.41, 5.74) is 0.298. The van der Waals surface area contributed by atoms with Gasteiger partial charge in [0.2, 0.25) is 5.91 Å². The lowest BCUT2D eigenvalue weighted by molar-refractivity contribution is -0.127. The van der Waals surface area contributed by atoms with Gasteiger partial charge in [0.05, 0.1) is 6.54 Å². The molecule has 1 amide bonds. The van der Waals surface area contributed by atoms with E-state index in [2.05, 4.69) is 5.32 Å². The highest BCUT2D eigenvalue weighted by molar-refractivity contribution is 6.30. The summed E-state index contributed by atoms with van der Waals surface area (Å²) in [5, 5.41) is 3.44. The summed E-state index contributed by atoms with van der Waals surface area (Å²) in [6.45, 7) is 4.68. The van der Waals surface area contributed by atoms with Crippen molar-refractivity contribution in [2.75, 3.05) is 26.9 Å². The number of methoxy groups -OCH3 is 1. The summed E-state index contributed by atoms with van der Waals surface area (Å²) in [7, 11) is 1.61. The van der Waals surface area contributed by atoms with Crippen LogP contribution in [0, 0.1) is 0 Å². The molecule has 0 aliphatic rings. The molecular formula is C14H20ClNO3. The van der Waals surface area contributed by atoms with Gasteiger partial charge in [-0.2, -0.15) is 0 Å². The Hall–Kier alpha value is -1.10. The van der Waals surface area contributed by atoms with E-state index in [1.54, 1.807) is 13.2 Å². The van der Waals surface area contributed by atoms with Crippen molar-refractivity contribution in [3.63, 3.8) is 0 Å². The highest BCUT2D eigenvalue weighted by Gasteiger charge is 2.27. The van der Waals surface area contributed by atoms with Crippen molar-refractivity contribution >= 4 is 17.5 Å². The molecule has 1 rings (SSSR count). The van der Waals surface area contributed by atoms with Crippen LogP contribution in [0.2, 0.25) is 5.02 Å². The minimum atomic E-state index is -0.618. The molecule has 1 aromatic carbocycles. The SMILES string of the molecule is CCOCC(=O)NC[C@](C)(OC)c1cccc(Cl)c1. The monoisotopic (exact) mass is 285 g/mol. The van der Waals surface area contributed by atoms with Gasteiger partial charge in [0.1, 0.15) is 12.2 Å². The molecule has 0 unspecified atom stereocenters. The van der Waals surface area contributed by atoms with E-state index in [9.17, 15) is 4.79 Å². The molecule has 0 aromatic heterocycles. The molecule has 0 aliphatic heterocycles. The van der Waals surface area contributed by atoms with Crippen molar-refractivity contribution in [2.45, 2.75) is 19.4 Å². The van der Waals surface area contributed by atoms with Crippen LogP contribution in [0.25, 0.3) is 0 Å². The number of benzene rings is 1. The molecule has 1 aromatic rings. The molecule has 0 saturated heterocycles. The van der Waals surface area contributed by atoms with Crippen LogP contribution in [-0.2, 0) is 19.9 Å². The molecule has 1 N–H and O–H groups in total. The number of amides is 1. The lowest BCUT2D eigenvalue weighted by Gasteiger charge is -2.29. The molecule has 0 fully saturated rings. The second-order valence-electron chi connectivity index (χ2n) is 4.36. The Bertz CT molecular complexity index is 425. The lowest BCUT2D eigenvalue weighted by atomic mass is 9.95. The number of ether oxygens (including phenoxy) is 2. The smallest absolute Gasteiger partial charge is 0.246 e. The predicted molar refractivity (Wildman–Crippen MR) is 75.3 cm³/mol. The maximum atomic E-state index is 11.5. The van der Waals surface area contributed by atoms with Gasteiger partial charge < -0.3 is 14.8 Å². The van der Waals surface area contributed by atoms with Gasteiger partial charge in [0, 0.05) is 18.7 Å². The molecule has 1 atom stereocenters. The van der Waals surface area contributed by atoms with Crippen molar-refractivity contribution in [1.82, 2.24) is 5.32 Å². The van der Waals surface area contributed by atoms with Crippen LogP contribution < -0.4 is 5.32 Å². The fourth-order valence-corrected chi connectivity index (χ4v) is 1.81. The Kier molecular flexibility index (Phi) is 6.28. The van der Waals surface area contributed by atoms with E-state index in [1.165, 1.54) is 0 Å². The van der Waals surface area contributed by atoms with Crippen molar-refractivity contribution in [2.24, 2.45) is 0 Å². The molecule has 4 nitrogen and oxygen atoms in total. The zero-order chi connectivity index (χ0) is 14.3. The molecule has 106 valence electrons. The van der Waals surface area contributed by atoms with Crippen LogP contribution in [0.4, 0.5) is 0 Å². The van der Waals surface area contributed by atoms with E-state index < -0.39 is 5.60 Å². The minimum absolute atomic E-state index is 0.0613. The van der Waals surface area contributed by atoms with E-state index in [0.717, 1.165) is 5.56 Å². The largest absolute Gasteiger partial charge is 0.372 e. The number of rotatable bonds is 7. The zero-order valence-corrected chi connectivity index (χ0v) is 12.3. The molecular weight excluding hydrogens is 266 g/mol. The number of hydrogen-bond acceptors (Lipinski definition) is 3. The van der Waals surface area contributed by atoms with E-state index in [1.807, 2.05) is 32.0 Å². The first-order valence-corrected chi connectivity index (χ1v) is 6.55. The maximum absolute atomic E-state index is 11.5. The Labute approximate surface area is 119 Å². The summed E-state index contributed by atoms with van der Waals surface area (Å²) in [4.78, 5) is 11.5. The van der Waals surface area contributed by atoms with E-state index in [-0.39, 0.29) is 12.5 Å². The number of halogens is 1. The normalized spacial score (nSPS) is 13.9. The lowest BCUT2D eigenvalue weighted by Crippen LogP contribution is -2.41. The fourth-order valence-electron chi connectivity index (χ4n) is 1.62. The van der Waals surface area contributed by atoms with Gasteiger partial charge in [-0.15, -0.1) is 0 Å². The second kappa shape index (κ2) is 7.48. The molecule has 0 saturated carbocycles.